The number of carbonyl (C=O) groups is 4. The van der Waals surface area contributed by atoms with E-state index in [1.807, 2.05) is 13.8 Å². The van der Waals surface area contributed by atoms with Crippen LogP contribution in [0.4, 0.5) is 0 Å². The minimum atomic E-state index is -1.37. The summed E-state index contributed by atoms with van der Waals surface area (Å²) in [6.07, 6.45) is -1.60. The monoisotopic (exact) mass is 840 g/mol. The first-order chi connectivity index (χ1) is 25.0. The minimum absolute atomic E-state index is 0. The smallest absolute Gasteiger partial charge is 0.365 e. The molecule has 0 aromatic rings. The number of likely N-dealkylation sites (N-methyl/N-ethyl adjacent to an activating group) is 2. The van der Waals surface area contributed by atoms with E-state index in [1.54, 1.807) is 13.8 Å². The lowest BCUT2D eigenvalue weighted by molar-refractivity contribution is -0.301. The number of aliphatic carboxylic acids is 1. The molecule has 0 aromatic heterocycles. The Bertz CT molecular complexity index is 1620. The van der Waals surface area contributed by atoms with Gasteiger partial charge in [-0.2, -0.15) is 0 Å². The van der Waals surface area contributed by atoms with Gasteiger partial charge in [-0.3, -0.25) is 9.59 Å². The normalized spacial score (nSPS) is 29.5. The van der Waals surface area contributed by atoms with Crippen LogP contribution in [0.15, 0.2) is 25.9 Å². The number of hydrogen-bond donors (Lipinski definition) is 2. The second-order valence-corrected chi connectivity index (χ2v) is 18.0. The van der Waals surface area contributed by atoms with Gasteiger partial charge in [0.05, 0.1) is 47.8 Å². The van der Waals surface area contributed by atoms with Crippen molar-refractivity contribution in [2.75, 3.05) is 66.5 Å². The number of carboxylic acid groups (broad SMARTS) is 1. The van der Waals surface area contributed by atoms with Gasteiger partial charge in [-0.25, -0.2) is 4.79 Å². The summed E-state index contributed by atoms with van der Waals surface area (Å²) in [6, 6.07) is -0.613. The topological polar surface area (TPSA) is 173 Å². The first-order valence-electron chi connectivity index (χ1n) is 17.4. The number of thiocarbonyl (C=S) groups is 2. The van der Waals surface area contributed by atoms with Crippen molar-refractivity contribution in [2.24, 2.45) is 28.3 Å². The second-order valence-electron chi connectivity index (χ2n) is 14.1. The summed E-state index contributed by atoms with van der Waals surface area (Å²) >= 11 is 13.7. The number of aliphatic hydroxyl groups is 2. The van der Waals surface area contributed by atoms with E-state index in [0.717, 1.165) is 52.4 Å². The van der Waals surface area contributed by atoms with E-state index in [1.165, 1.54) is 33.3 Å². The maximum Gasteiger partial charge on any atom is 0.365 e. The Morgan fingerprint density at radius 3 is 1.54 bits per heavy atom. The van der Waals surface area contributed by atoms with Crippen molar-refractivity contribution in [1.29, 1.82) is 0 Å². The van der Waals surface area contributed by atoms with Crippen molar-refractivity contribution >= 4 is 96.9 Å². The van der Waals surface area contributed by atoms with Crippen LogP contribution in [-0.4, -0.2) is 171 Å². The van der Waals surface area contributed by atoms with Crippen molar-refractivity contribution in [3.05, 3.63) is 21.2 Å². The van der Waals surface area contributed by atoms with Gasteiger partial charge in [0.2, 0.25) is 20.4 Å². The third-order valence-electron chi connectivity index (χ3n) is 10.7. The number of carboxylic acids is 1. The second kappa shape index (κ2) is 18.4. The van der Waals surface area contributed by atoms with E-state index in [2.05, 4.69) is 38.4 Å². The third-order valence-corrected chi connectivity index (χ3v) is 14.5. The molecular weight excluding hydrogens is 792 g/mol. The van der Waals surface area contributed by atoms with Crippen LogP contribution in [0, 0.1) is 23.7 Å². The maximum absolute atomic E-state index is 12.6. The molecule has 6 aliphatic rings. The molecule has 0 bridgehead atoms. The van der Waals surface area contributed by atoms with E-state index in [9.17, 15) is 34.5 Å². The first kappa shape index (κ1) is 44.6. The summed E-state index contributed by atoms with van der Waals surface area (Å²) in [5.74, 6) is -4.10. The highest BCUT2D eigenvalue weighted by molar-refractivity contribution is 8.25. The molecule has 15 nitrogen and oxygen atoms in total. The van der Waals surface area contributed by atoms with Gasteiger partial charge in [-0.05, 0) is 27.9 Å². The molecule has 6 heterocycles. The zero-order chi connectivity index (χ0) is 39.0. The number of fused-ring (bicyclic) bond motifs is 2. The van der Waals surface area contributed by atoms with Crippen LogP contribution in [0.5, 0.6) is 0 Å². The van der Waals surface area contributed by atoms with E-state index >= 15 is 0 Å². The van der Waals surface area contributed by atoms with Crippen LogP contribution in [0.1, 0.15) is 35.1 Å². The van der Waals surface area contributed by atoms with Crippen LogP contribution in [0.3, 0.4) is 0 Å². The Labute approximate surface area is 339 Å². The van der Waals surface area contributed by atoms with Gasteiger partial charge in [0, 0.05) is 74.0 Å². The molecule has 296 valence electrons. The highest BCUT2D eigenvalue weighted by atomic mass is 32.2. The molecule has 0 aromatic carbocycles. The lowest BCUT2D eigenvalue weighted by Crippen LogP contribution is -2.64. The molecule has 0 saturated carbocycles. The summed E-state index contributed by atoms with van der Waals surface area (Å²) in [5.41, 5.74) is 0.109. The number of thioether (sulfide) groups is 2. The summed E-state index contributed by atoms with van der Waals surface area (Å²) in [4.78, 5) is 61.8. The predicted octanol–water partition coefficient (Wildman–Crippen LogP) is 0.700. The molecule has 2 N–H and O–H groups in total. The number of carbonyl (C=O) groups excluding carboxylic acids is 4. The van der Waals surface area contributed by atoms with E-state index in [-0.39, 0.29) is 63.2 Å². The van der Waals surface area contributed by atoms with Gasteiger partial charge in [-0.15, -0.1) is 0 Å². The van der Waals surface area contributed by atoms with Gasteiger partial charge in [0.15, 0.2) is 0 Å². The van der Waals surface area contributed by atoms with E-state index in [0.29, 0.717) is 18.5 Å². The lowest BCUT2D eigenvalue weighted by atomic mass is 9.79. The van der Waals surface area contributed by atoms with Crippen LogP contribution in [0.25, 0.3) is 0 Å². The molecule has 2 amide bonds. The third kappa shape index (κ3) is 8.56. The molecule has 6 rings (SSSR count). The Hall–Kier alpha value is -2.16. The molecule has 21 heteroatoms. The number of nitrogens with zero attached hydrogens (tertiary/aromatic N) is 7. The number of β-lactam (4-membered cyclic amide) rings is 2. The molecule has 0 aliphatic carbocycles. The van der Waals surface area contributed by atoms with Crippen molar-refractivity contribution in [3.8, 4) is 0 Å². The molecule has 8 unspecified atom stereocenters. The zero-order valence-electron chi connectivity index (χ0n) is 30.4. The molecular formula is C33H48BN7O8PS4-. The average Bonchev–Trinajstić information content (AvgIpc) is 3.48. The van der Waals surface area contributed by atoms with Crippen LogP contribution in [-0.2, 0) is 23.7 Å². The Kier molecular flexibility index (Phi) is 15.2. The van der Waals surface area contributed by atoms with Crippen molar-refractivity contribution in [3.63, 3.8) is 0 Å². The fourth-order valence-electron chi connectivity index (χ4n) is 7.69. The van der Waals surface area contributed by atoms with E-state index in [4.69, 9.17) is 36.9 Å². The largest absolute Gasteiger partial charge is 0.543 e. The maximum atomic E-state index is 12.6. The fourth-order valence-corrected chi connectivity index (χ4v) is 11.0. The minimum Gasteiger partial charge on any atom is -0.543 e. The van der Waals surface area contributed by atoms with Gasteiger partial charge in [0.25, 0.3) is 7.98 Å². The van der Waals surface area contributed by atoms with Crippen LogP contribution >= 0.6 is 56.6 Å². The molecule has 2 radical (unpaired) electrons. The number of rotatable bonds is 7. The summed E-state index contributed by atoms with van der Waals surface area (Å²) in [7, 11) is 9.14. The van der Waals surface area contributed by atoms with Gasteiger partial charge in [-0.1, -0.05) is 69.2 Å². The Morgan fingerprint density at radius 1 is 0.815 bits per heavy atom. The molecule has 6 aliphatic heterocycles. The first-order valence-corrected chi connectivity index (χ1v) is 20.6. The molecule has 54 heavy (non-hydrogen) atoms. The van der Waals surface area contributed by atoms with Crippen LogP contribution < -0.4 is 5.11 Å². The number of aliphatic hydroxyl groups excluding tert-OH is 2. The highest BCUT2D eigenvalue weighted by Crippen LogP contribution is 2.52. The van der Waals surface area contributed by atoms with E-state index < -0.39 is 36.0 Å². The molecule has 8 atom stereocenters. The molecule has 0 spiro atoms. The summed E-state index contributed by atoms with van der Waals surface area (Å²) < 4.78 is 9.61. The van der Waals surface area contributed by atoms with Crippen molar-refractivity contribution < 1.29 is 39.0 Å². The Balaban J connectivity index is 0.000000238. The fraction of sp³-hybridized carbons (Fsp3) is 0.697. The van der Waals surface area contributed by atoms with Gasteiger partial charge < -0.3 is 58.7 Å². The highest BCUT2D eigenvalue weighted by Gasteiger charge is 2.61. The Morgan fingerprint density at radius 2 is 1.19 bits per heavy atom. The quantitative estimate of drug-likeness (QED) is 0.159. The molecule has 4 saturated heterocycles. The number of hydrogen-bond acceptors (Lipinski definition) is 15. The molecule has 4 fully saturated rings. The van der Waals surface area contributed by atoms with Gasteiger partial charge in [0.1, 0.15) is 14.3 Å². The van der Waals surface area contributed by atoms with Crippen LogP contribution in [0.2, 0.25) is 0 Å². The SMILES string of the molecule is C.CC(O)C1C(=O)N2C(C(=O)[O-])=C(SC(=S)N3CCN(C)CC3)C(C)C12.[B]N=POC(=O)C1=C(SC(=S)N2CCN(C)CC2)C(C)C2C(C(C)O)C(=O)N12. The summed E-state index contributed by atoms with van der Waals surface area (Å²) in [6.45, 7) is 13.8. The predicted molar refractivity (Wildman–Crippen MR) is 215 cm³/mol. The lowest BCUT2D eigenvalue weighted by Gasteiger charge is -2.47. The van der Waals surface area contributed by atoms with Crippen molar-refractivity contribution in [2.45, 2.75) is 59.4 Å². The standard InChI is InChI=1S/C16H22BN4O4PS2.C16H23N3O4S2.CH4/c1-8-11-10(9(2)22)14(23)21(11)12(15(24)25-26-18-17)13(8)28-16(27)20-6-4-19(3)5-7-20;1-8-11-10(9(2)20)14(21)19(11)12(15(22)23)13(8)25-16(24)18-6-4-17(3)5-7-18;/h8-11,22H,4-7H2,1-3H3;8-11,20H,4-7H2,1-3H3,(H,22,23);1H4/p-1. The zero-order valence-corrected chi connectivity index (χ0v) is 34.6. The van der Waals surface area contributed by atoms with Gasteiger partial charge >= 0.3 is 5.97 Å². The number of piperazine rings is 2. The average molecular weight is 841 g/mol. The number of amides is 2. The van der Waals surface area contributed by atoms with Crippen molar-refractivity contribution in [1.82, 2.24) is 29.4 Å². The summed E-state index contributed by atoms with van der Waals surface area (Å²) in [5, 5.41) is 31.5.